The lowest BCUT2D eigenvalue weighted by molar-refractivity contribution is -0.143. The molecule has 0 amide bonds. The summed E-state index contributed by atoms with van der Waals surface area (Å²) in [7, 11) is 1.45. The van der Waals surface area contributed by atoms with Gasteiger partial charge in [0.2, 0.25) is 0 Å². The molecule has 1 fully saturated rings. The molecule has 3 rings (SSSR count). The first kappa shape index (κ1) is 13.8. The molecule has 0 N–H and O–H groups in total. The second kappa shape index (κ2) is 5.70. The van der Waals surface area contributed by atoms with E-state index < -0.39 is 0 Å². The first-order valence-corrected chi connectivity index (χ1v) is 8.03. The Hall–Kier alpha value is -1.13. The molecule has 0 saturated heterocycles. The number of benzene rings is 1. The predicted molar refractivity (Wildman–Crippen MR) is 81.3 cm³/mol. The van der Waals surface area contributed by atoms with Crippen molar-refractivity contribution in [2.45, 2.75) is 31.6 Å². The third-order valence-electron chi connectivity index (χ3n) is 3.98. The van der Waals surface area contributed by atoms with E-state index in [0.29, 0.717) is 10.9 Å². The third-order valence-corrected chi connectivity index (χ3v) is 5.59. The van der Waals surface area contributed by atoms with Crippen molar-refractivity contribution in [1.82, 2.24) is 4.98 Å². The van der Waals surface area contributed by atoms with Gasteiger partial charge in [0, 0.05) is 0 Å². The molecule has 1 aromatic heterocycles. The summed E-state index contributed by atoms with van der Waals surface area (Å²) in [5, 5.41) is 1.54. The van der Waals surface area contributed by atoms with Gasteiger partial charge in [-0.1, -0.05) is 30.5 Å². The fourth-order valence-corrected chi connectivity index (χ4v) is 4.42. The summed E-state index contributed by atoms with van der Waals surface area (Å²) in [6, 6.07) is 5.68. The topological polar surface area (TPSA) is 39.2 Å². The van der Waals surface area contributed by atoms with Crippen molar-refractivity contribution >= 4 is 39.1 Å². The van der Waals surface area contributed by atoms with E-state index in [-0.39, 0.29) is 11.9 Å². The maximum absolute atomic E-state index is 12.2. The number of carbonyl (C=O) groups excluding carboxylic acids is 1. The molecule has 1 unspecified atom stereocenters. The molecule has 1 aliphatic rings. The molecule has 0 bridgehead atoms. The largest absolute Gasteiger partial charge is 0.468 e. The second-order valence-electron chi connectivity index (χ2n) is 5.19. The number of ether oxygens (including phenoxy) is 1. The van der Waals surface area contributed by atoms with Crippen LogP contribution in [0.1, 0.15) is 36.6 Å². The molecule has 2 aromatic rings. The van der Waals surface area contributed by atoms with E-state index in [2.05, 4.69) is 4.98 Å². The van der Waals surface area contributed by atoms with Crippen molar-refractivity contribution in [3.8, 4) is 0 Å². The minimum absolute atomic E-state index is 0.174. The van der Waals surface area contributed by atoms with E-state index in [1.807, 2.05) is 18.2 Å². The number of methoxy groups -OCH3 is 1. The number of esters is 1. The highest BCUT2D eigenvalue weighted by molar-refractivity contribution is 7.19. The SMILES string of the molecule is COC(=O)C(c1nc2cccc(Cl)c2s1)C1CCCC1. The van der Waals surface area contributed by atoms with Crippen LogP contribution in [0.5, 0.6) is 0 Å². The van der Waals surface area contributed by atoms with Crippen LogP contribution in [-0.4, -0.2) is 18.1 Å². The standard InChI is InChI=1S/C15H16ClNO2S/c1-19-15(18)12(9-5-2-3-6-9)14-17-11-8-4-7-10(16)13(11)20-14/h4,7-9,12H,2-3,5-6H2,1H3. The molecule has 1 aromatic carbocycles. The Morgan fingerprint density at radius 3 is 2.85 bits per heavy atom. The Kier molecular flexibility index (Phi) is 3.94. The summed E-state index contributed by atoms with van der Waals surface area (Å²) in [4.78, 5) is 16.8. The van der Waals surface area contributed by atoms with Crippen LogP contribution >= 0.6 is 22.9 Å². The van der Waals surface area contributed by atoms with Crippen LogP contribution in [0.25, 0.3) is 10.2 Å². The van der Waals surface area contributed by atoms with Gasteiger partial charge in [-0.3, -0.25) is 4.79 Å². The lowest BCUT2D eigenvalue weighted by Crippen LogP contribution is -2.21. The zero-order valence-corrected chi connectivity index (χ0v) is 12.8. The average Bonchev–Trinajstić information content (AvgIpc) is 3.09. The minimum atomic E-state index is -0.240. The van der Waals surface area contributed by atoms with Crippen LogP contribution in [0, 0.1) is 5.92 Å². The average molecular weight is 310 g/mol. The summed E-state index contributed by atoms with van der Waals surface area (Å²) in [5.74, 6) is -0.0650. The van der Waals surface area contributed by atoms with Gasteiger partial charge >= 0.3 is 5.97 Å². The van der Waals surface area contributed by atoms with Crippen LogP contribution in [-0.2, 0) is 9.53 Å². The number of hydrogen-bond acceptors (Lipinski definition) is 4. The van der Waals surface area contributed by atoms with E-state index >= 15 is 0 Å². The van der Waals surface area contributed by atoms with Crippen LogP contribution in [0.15, 0.2) is 18.2 Å². The fraction of sp³-hybridized carbons (Fsp3) is 0.467. The van der Waals surface area contributed by atoms with Crippen molar-refractivity contribution in [1.29, 1.82) is 0 Å². The van der Waals surface area contributed by atoms with E-state index in [1.54, 1.807) is 0 Å². The lowest BCUT2D eigenvalue weighted by Gasteiger charge is -2.18. The van der Waals surface area contributed by atoms with Crippen LogP contribution in [0.3, 0.4) is 0 Å². The maximum Gasteiger partial charge on any atom is 0.315 e. The number of halogens is 1. The van der Waals surface area contributed by atoms with Crippen LogP contribution < -0.4 is 0 Å². The van der Waals surface area contributed by atoms with Crippen molar-refractivity contribution in [3.05, 3.63) is 28.2 Å². The molecule has 1 heterocycles. The lowest BCUT2D eigenvalue weighted by atomic mass is 9.91. The van der Waals surface area contributed by atoms with Gasteiger partial charge in [0.1, 0.15) is 10.9 Å². The summed E-state index contributed by atoms with van der Waals surface area (Å²) in [6.07, 6.45) is 4.51. The molecule has 1 atom stereocenters. The first-order chi connectivity index (χ1) is 9.70. The fourth-order valence-electron chi connectivity index (χ4n) is 2.98. The molecule has 20 heavy (non-hydrogen) atoms. The number of thiazole rings is 1. The van der Waals surface area contributed by atoms with E-state index in [1.165, 1.54) is 31.3 Å². The van der Waals surface area contributed by atoms with Gasteiger partial charge < -0.3 is 4.74 Å². The highest BCUT2D eigenvalue weighted by Gasteiger charge is 2.35. The van der Waals surface area contributed by atoms with E-state index in [0.717, 1.165) is 28.1 Å². The Morgan fingerprint density at radius 1 is 1.45 bits per heavy atom. The van der Waals surface area contributed by atoms with Crippen molar-refractivity contribution in [2.75, 3.05) is 7.11 Å². The summed E-state index contributed by atoms with van der Waals surface area (Å²) in [6.45, 7) is 0. The van der Waals surface area contributed by atoms with E-state index in [9.17, 15) is 4.79 Å². The van der Waals surface area contributed by atoms with Crippen LogP contribution in [0.2, 0.25) is 5.02 Å². The third kappa shape index (κ3) is 2.42. The Bertz CT molecular complexity index is 634. The molecule has 0 aliphatic heterocycles. The summed E-state index contributed by atoms with van der Waals surface area (Å²) < 4.78 is 5.95. The first-order valence-electron chi connectivity index (χ1n) is 6.83. The molecule has 0 spiro atoms. The predicted octanol–water partition coefficient (Wildman–Crippen LogP) is 4.40. The van der Waals surface area contributed by atoms with Gasteiger partial charge in [0.05, 0.1) is 22.3 Å². The van der Waals surface area contributed by atoms with Crippen molar-refractivity contribution < 1.29 is 9.53 Å². The molecule has 3 nitrogen and oxygen atoms in total. The Labute approximate surface area is 126 Å². The molecule has 5 heteroatoms. The molecule has 106 valence electrons. The van der Waals surface area contributed by atoms with Gasteiger partial charge in [-0.2, -0.15) is 0 Å². The van der Waals surface area contributed by atoms with Crippen LogP contribution in [0.4, 0.5) is 0 Å². The smallest absolute Gasteiger partial charge is 0.315 e. The number of nitrogens with zero attached hydrogens (tertiary/aromatic N) is 1. The number of hydrogen-bond donors (Lipinski definition) is 0. The van der Waals surface area contributed by atoms with Gasteiger partial charge in [0.15, 0.2) is 0 Å². The highest BCUT2D eigenvalue weighted by atomic mass is 35.5. The maximum atomic E-state index is 12.2. The monoisotopic (exact) mass is 309 g/mol. The van der Waals surface area contributed by atoms with Gasteiger partial charge in [0.25, 0.3) is 0 Å². The number of fused-ring (bicyclic) bond motifs is 1. The molecule has 1 saturated carbocycles. The summed E-state index contributed by atoms with van der Waals surface area (Å²) >= 11 is 7.72. The Balaban J connectivity index is 2.04. The quantitative estimate of drug-likeness (QED) is 0.789. The van der Waals surface area contributed by atoms with Gasteiger partial charge in [-0.15, -0.1) is 11.3 Å². The van der Waals surface area contributed by atoms with Gasteiger partial charge in [-0.05, 0) is 30.9 Å². The van der Waals surface area contributed by atoms with E-state index in [4.69, 9.17) is 16.3 Å². The Morgan fingerprint density at radius 2 is 2.20 bits per heavy atom. The normalized spacial score (nSPS) is 17.5. The number of aromatic nitrogens is 1. The molecule has 1 aliphatic carbocycles. The zero-order valence-electron chi connectivity index (χ0n) is 11.3. The molecule has 0 radical (unpaired) electrons. The van der Waals surface area contributed by atoms with Crippen molar-refractivity contribution in [2.24, 2.45) is 5.92 Å². The number of rotatable bonds is 3. The summed E-state index contributed by atoms with van der Waals surface area (Å²) in [5.41, 5.74) is 0.865. The zero-order chi connectivity index (χ0) is 14.1. The van der Waals surface area contributed by atoms with Gasteiger partial charge in [-0.25, -0.2) is 4.98 Å². The highest BCUT2D eigenvalue weighted by Crippen LogP contribution is 2.41. The molecular formula is C15H16ClNO2S. The van der Waals surface area contributed by atoms with Crippen molar-refractivity contribution in [3.63, 3.8) is 0 Å². The second-order valence-corrected chi connectivity index (χ2v) is 6.62. The minimum Gasteiger partial charge on any atom is -0.468 e. The number of carbonyl (C=O) groups is 1. The molecular weight excluding hydrogens is 294 g/mol.